The van der Waals surface area contributed by atoms with Gasteiger partial charge in [0, 0.05) is 31.5 Å². The van der Waals surface area contributed by atoms with Gasteiger partial charge in [0.2, 0.25) is 0 Å². The van der Waals surface area contributed by atoms with Crippen LogP contribution in [0, 0.1) is 5.92 Å². The first-order valence-electron chi connectivity index (χ1n) is 9.59. The summed E-state index contributed by atoms with van der Waals surface area (Å²) in [5.41, 5.74) is 4.55. The lowest BCUT2D eigenvalue weighted by Crippen LogP contribution is -2.25. The average Bonchev–Trinajstić information content (AvgIpc) is 3.06. The summed E-state index contributed by atoms with van der Waals surface area (Å²) in [6.45, 7) is 3.87. The number of benzene rings is 1. The summed E-state index contributed by atoms with van der Waals surface area (Å²) in [5.74, 6) is 0.807. The zero-order valence-corrected chi connectivity index (χ0v) is 15.5. The predicted molar refractivity (Wildman–Crippen MR) is 105 cm³/mol. The molecule has 2 aromatic heterocycles. The minimum absolute atomic E-state index is 0.807. The van der Waals surface area contributed by atoms with Crippen LogP contribution >= 0.6 is 0 Å². The van der Waals surface area contributed by atoms with Crippen molar-refractivity contribution in [3.05, 3.63) is 60.4 Å². The zero-order valence-electron chi connectivity index (χ0n) is 15.5. The molecule has 0 radical (unpaired) electrons. The van der Waals surface area contributed by atoms with E-state index < -0.39 is 0 Å². The fourth-order valence-corrected chi connectivity index (χ4v) is 3.80. The van der Waals surface area contributed by atoms with Gasteiger partial charge in [-0.15, -0.1) is 0 Å². The summed E-state index contributed by atoms with van der Waals surface area (Å²) in [4.78, 5) is 7.33. The molecule has 136 valence electrons. The number of ether oxygens (including phenoxy) is 1. The molecule has 3 aromatic rings. The van der Waals surface area contributed by atoms with Crippen LogP contribution in [0.5, 0.6) is 0 Å². The van der Waals surface area contributed by atoms with E-state index in [1.165, 1.54) is 30.5 Å². The Hall–Kier alpha value is -2.17. The second kappa shape index (κ2) is 8.02. The van der Waals surface area contributed by atoms with E-state index in [-0.39, 0.29) is 0 Å². The third-order valence-corrected chi connectivity index (χ3v) is 5.36. The van der Waals surface area contributed by atoms with Crippen molar-refractivity contribution in [2.45, 2.75) is 25.8 Å². The molecular formula is C22H27N3O. The van der Waals surface area contributed by atoms with Gasteiger partial charge >= 0.3 is 0 Å². The molecule has 1 aliphatic rings. The highest BCUT2D eigenvalue weighted by atomic mass is 16.5. The molecular weight excluding hydrogens is 322 g/mol. The Labute approximate surface area is 155 Å². The van der Waals surface area contributed by atoms with Gasteiger partial charge in [0.05, 0.1) is 11.4 Å². The Bertz CT molecular complexity index is 837. The van der Waals surface area contributed by atoms with Gasteiger partial charge in [-0.25, -0.2) is 4.98 Å². The molecule has 1 aliphatic heterocycles. The molecule has 3 heterocycles. The maximum Gasteiger partial charge on any atom is 0.137 e. The smallest absolute Gasteiger partial charge is 0.137 e. The van der Waals surface area contributed by atoms with Crippen molar-refractivity contribution in [3.63, 3.8) is 0 Å². The third-order valence-electron chi connectivity index (χ3n) is 5.36. The number of rotatable bonds is 6. The maximum absolute atomic E-state index is 5.48. The molecule has 1 fully saturated rings. The molecule has 26 heavy (non-hydrogen) atoms. The summed E-state index contributed by atoms with van der Waals surface area (Å²) < 4.78 is 7.71. The highest BCUT2D eigenvalue weighted by molar-refractivity contribution is 5.66. The number of aromatic nitrogens is 2. The Morgan fingerprint density at radius 3 is 2.65 bits per heavy atom. The van der Waals surface area contributed by atoms with Crippen molar-refractivity contribution in [1.82, 2.24) is 14.3 Å². The molecule has 4 rings (SSSR count). The van der Waals surface area contributed by atoms with E-state index >= 15 is 0 Å². The zero-order chi connectivity index (χ0) is 17.8. The number of fused-ring (bicyclic) bond motifs is 1. The first-order chi connectivity index (χ1) is 12.8. The average molecular weight is 349 g/mol. The van der Waals surface area contributed by atoms with Gasteiger partial charge in [-0.2, -0.15) is 0 Å². The van der Waals surface area contributed by atoms with Gasteiger partial charge in [-0.3, -0.25) is 0 Å². The maximum atomic E-state index is 5.48. The van der Waals surface area contributed by atoms with Crippen LogP contribution in [-0.2, 0) is 11.3 Å². The van der Waals surface area contributed by atoms with Crippen LogP contribution in [0.4, 0.5) is 0 Å². The van der Waals surface area contributed by atoms with E-state index in [1.54, 1.807) is 0 Å². The second-order valence-electron chi connectivity index (χ2n) is 7.28. The largest absolute Gasteiger partial charge is 0.381 e. The molecule has 0 unspecified atom stereocenters. The van der Waals surface area contributed by atoms with E-state index in [0.29, 0.717) is 0 Å². The monoisotopic (exact) mass is 349 g/mol. The van der Waals surface area contributed by atoms with E-state index in [2.05, 4.69) is 71.1 Å². The molecule has 0 saturated carbocycles. The van der Waals surface area contributed by atoms with Crippen LogP contribution in [0.25, 0.3) is 16.9 Å². The third kappa shape index (κ3) is 3.81. The Morgan fingerprint density at radius 1 is 1.08 bits per heavy atom. The van der Waals surface area contributed by atoms with Crippen molar-refractivity contribution in [2.75, 3.05) is 26.8 Å². The molecule has 0 spiro atoms. The molecule has 0 atom stereocenters. The number of hydrogen-bond acceptors (Lipinski definition) is 3. The molecule has 0 amide bonds. The summed E-state index contributed by atoms with van der Waals surface area (Å²) in [5, 5.41) is 0. The van der Waals surface area contributed by atoms with Crippen molar-refractivity contribution >= 4 is 5.65 Å². The van der Waals surface area contributed by atoms with Crippen LogP contribution in [0.3, 0.4) is 0 Å². The quantitative estimate of drug-likeness (QED) is 0.666. The van der Waals surface area contributed by atoms with Gasteiger partial charge in [0.1, 0.15) is 5.65 Å². The first kappa shape index (κ1) is 17.3. The standard InChI is InChI=1S/C22H27N3O/c1-24(14-10-18-11-15-26-16-12-18)17-20-22(19-7-3-2-4-8-19)23-21-9-5-6-13-25(20)21/h2-9,13,18H,10-12,14-17H2,1H3. The van der Waals surface area contributed by atoms with E-state index in [9.17, 15) is 0 Å². The van der Waals surface area contributed by atoms with Gasteiger partial charge in [0.25, 0.3) is 0 Å². The first-order valence-corrected chi connectivity index (χ1v) is 9.59. The molecule has 1 aromatic carbocycles. The van der Waals surface area contributed by atoms with Crippen LogP contribution in [0.1, 0.15) is 25.0 Å². The second-order valence-corrected chi connectivity index (χ2v) is 7.28. The fraction of sp³-hybridized carbons (Fsp3) is 0.409. The van der Waals surface area contributed by atoms with Crippen molar-refractivity contribution in [1.29, 1.82) is 0 Å². The molecule has 0 N–H and O–H groups in total. The minimum atomic E-state index is 0.807. The number of nitrogens with zero attached hydrogens (tertiary/aromatic N) is 3. The van der Waals surface area contributed by atoms with Crippen LogP contribution in [0.2, 0.25) is 0 Å². The molecule has 4 nitrogen and oxygen atoms in total. The van der Waals surface area contributed by atoms with Gasteiger partial charge in [-0.1, -0.05) is 36.4 Å². The minimum Gasteiger partial charge on any atom is -0.381 e. The lowest BCUT2D eigenvalue weighted by atomic mass is 9.96. The highest BCUT2D eigenvalue weighted by Crippen LogP contribution is 2.26. The topological polar surface area (TPSA) is 29.8 Å². The lowest BCUT2D eigenvalue weighted by Gasteiger charge is -2.25. The lowest BCUT2D eigenvalue weighted by molar-refractivity contribution is 0.0607. The van der Waals surface area contributed by atoms with Gasteiger partial charge in [0.15, 0.2) is 0 Å². The molecule has 4 heteroatoms. The Kier molecular flexibility index (Phi) is 5.32. The Morgan fingerprint density at radius 2 is 1.85 bits per heavy atom. The summed E-state index contributed by atoms with van der Waals surface area (Å²) in [7, 11) is 2.22. The summed E-state index contributed by atoms with van der Waals surface area (Å²) in [6, 6.07) is 16.7. The summed E-state index contributed by atoms with van der Waals surface area (Å²) in [6.07, 6.45) is 5.78. The number of hydrogen-bond donors (Lipinski definition) is 0. The van der Waals surface area contributed by atoms with Crippen molar-refractivity contribution < 1.29 is 4.74 Å². The summed E-state index contributed by atoms with van der Waals surface area (Å²) >= 11 is 0. The predicted octanol–water partition coefficient (Wildman–Crippen LogP) is 4.25. The molecule has 0 aliphatic carbocycles. The van der Waals surface area contributed by atoms with E-state index in [1.807, 2.05) is 0 Å². The van der Waals surface area contributed by atoms with Crippen LogP contribution in [0.15, 0.2) is 54.7 Å². The van der Waals surface area contributed by atoms with Gasteiger partial charge in [-0.05, 0) is 50.9 Å². The van der Waals surface area contributed by atoms with E-state index in [4.69, 9.17) is 9.72 Å². The van der Waals surface area contributed by atoms with Crippen LogP contribution in [-0.4, -0.2) is 41.1 Å². The van der Waals surface area contributed by atoms with Gasteiger partial charge < -0.3 is 14.0 Å². The van der Waals surface area contributed by atoms with E-state index in [0.717, 1.165) is 43.6 Å². The highest BCUT2D eigenvalue weighted by Gasteiger charge is 2.17. The number of pyridine rings is 1. The van der Waals surface area contributed by atoms with Crippen molar-refractivity contribution in [2.24, 2.45) is 5.92 Å². The molecule has 0 bridgehead atoms. The fourth-order valence-electron chi connectivity index (χ4n) is 3.80. The molecule has 1 saturated heterocycles. The SMILES string of the molecule is CN(CCC1CCOCC1)Cc1c(-c2ccccc2)nc2ccccn12. The normalized spacial score (nSPS) is 15.8. The Balaban J connectivity index is 1.54. The van der Waals surface area contributed by atoms with Crippen LogP contribution < -0.4 is 0 Å². The van der Waals surface area contributed by atoms with Crippen molar-refractivity contribution in [3.8, 4) is 11.3 Å². The number of imidazole rings is 1.